The molecular weight excluding hydrogens is 542 g/mol. The molecule has 4 aromatic rings. The second-order valence-corrected chi connectivity index (χ2v) is 10.7. The van der Waals surface area contributed by atoms with E-state index in [9.17, 15) is 14.4 Å². The van der Waals surface area contributed by atoms with Crippen LogP contribution in [0.15, 0.2) is 77.7 Å². The third-order valence-electron chi connectivity index (χ3n) is 7.66. The van der Waals surface area contributed by atoms with Gasteiger partial charge in [-0.25, -0.2) is 4.98 Å². The largest absolute Gasteiger partial charge is 0.378 e. The molecule has 0 aliphatic carbocycles. The summed E-state index contributed by atoms with van der Waals surface area (Å²) in [6, 6.07) is 20.4. The Balaban J connectivity index is 1.40. The standard InChI is InChI=1S/C34H37N5O4/c1-4-5-10-24-11-6-7-14-28(24)32(40)37-29-16-9-15-27(23(29)2)30-22-38(3)34(42)31(36-30)35-26-13-8-12-25(21-26)33(41)39-17-19-43-20-18-39/h6-9,11-16,21-22H,4-5,10,17-20H2,1-3H3,(H,35,36)(H,37,40). The highest BCUT2D eigenvalue weighted by molar-refractivity contribution is 6.06. The second-order valence-electron chi connectivity index (χ2n) is 10.7. The smallest absolute Gasteiger partial charge is 0.293 e. The van der Waals surface area contributed by atoms with Gasteiger partial charge in [0.15, 0.2) is 5.82 Å². The van der Waals surface area contributed by atoms with E-state index in [1.165, 1.54) is 4.57 Å². The van der Waals surface area contributed by atoms with E-state index in [1.807, 2.05) is 49.4 Å². The average molecular weight is 580 g/mol. The fourth-order valence-corrected chi connectivity index (χ4v) is 5.20. The van der Waals surface area contributed by atoms with Crippen molar-refractivity contribution in [3.05, 3.63) is 106 Å². The quantitative estimate of drug-likeness (QED) is 0.269. The summed E-state index contributed by atoms with van der Waals surface area (Å²) in [5, 5.41) is 6.21. The Morgan fingerprint density at radius 2 is 1.77 bits per heavy atom. The highest BCUT2D eigenvalue weighted by Crippen LogP contribution is 2.29. The average Bonchev–Trinajstić information content (AvgIpc) is 3.03. The number of hydrogen-bond acceptors (Lipinski definition) is 6. The lowest BCUT2D eigenvalue weighted by Crippen LogP contribution is -2.40. The molecule has 3 aromatic carbocycles. The van der Waals surface area contributed by atoms with Gasteiger partial charge in [-0.1, -0.05) is 49.7 Å². The molecule has 0 spiro atoms. The fraction of sp³-hybridized carbons (Fsp3) is 0.294. The van der Waals surface area contributed by atoms with E-state index in [2.05, 4.69) is 22.5 Å². The van der Waals surface area contributed by atoms with Crippen LogP contribution < -0.4 is 16.2 Å². The normalized spacial score (nSPS) is 13.0. The Bertz CT molecular complexity index is 1690. The zero-order valence-electron chi connectivity index (χ0n) is 24.9. The Hall–Kier alpha value is -4.76. The van der Waals surface area contributed by atoms with Crippen LogP contribution in [-0.4, -0.2) is 52.6 Å². The molecule has 0 atom stereocenters. The molecule has 2 N–H and O–H groups in total. The first kappa shape index (κ1) is 29.7. The Morgan fingerprint density at radius 3 is 2.56 bits per heavy atom. The first-order valence-corrected chi connectivity index (χ1v) is 14.7. The summed E-state index contributed by atoms with van der Waals surface area (Å²) in [6.45, 7) is 6.20. The van der Waals surface area contributed by atoms with E-state index in [0.29, 0.717) is 54.5 Å². The Labute approximate surface area is 251 Å². The minimum Gasteiger partial charge on any atom is -0.378 e. The van der Waals surface area contributed by atoms with Crippen LogP contribution >= 0.6 is 0 Å². The lowest BCUT2D eigenvalue weighted by atomic mass is 10.0. The van der Waals surface area contributed by atoms with Crippen molar-refractivity contribution in [1.82, 2.24) is 14.5 Å². The molecule has 0 radical (unpaired) electrons. The van der Waals surface area contributed by atoms with E-state index in [-0.39, 0.29) is 23.2 Å². The minimum absolute atomic E-state index is 0.0796. The molecule has 0 saturated carbocycles. The van der Waals surface area contributed by atoms with Crippen molar-refractivity contribution in [2.45, 2.75) is 33.1 Å². The summed E-state index contributed by atoms with van der Waals surface area (Å²) in [5.74, 6) is -0.104. The molecule has 9 heteroatoms. The first-order valence-electron chi connectivity index (χ1n) is 14.7. The molecule has 2 heterocycles. The number of hydrogen-bond donors (Lipinski definition) is 2. The summed E-state index contributed by atoms with van der Waals surface area (Å²) >= 11 is 0. The lowest BCUT2D eigenvalue weighted by Gasteiger charge is -2.27. The van der Waals surface area contributed by atoms with Crippen LogP contribution in [0.2, 0.25) is 0 Å². The van der Waals surface area contributed by atoms with Crippen LogP contribution in [0.25, 0.3) is 11.3 Å². The summed E-state index contributed by atoms with van der Waals surface area (Å²) in [4.78, 5) is 45.8. The number of unbranched alkanes of at least 4 members (excludes halogenated alkanes) is 1. The maximum Gasteiger partial charge on any atom is 0.293 e. The van der Waals surface area contributed by atoms with E-state index in [0.717, 1.165) is 36.0 Å². The van der Waals surface area contributed by atoms with E-state index in [1.54, 1.807) is 42.4 Å². The van der Waals surface area contributed by atoms with Crippen molar-refractivity contribution < 1.29 is 14.3 Å². The van der Waals surface area contributed by atoms with Gasteiger partial charge >= 0.3 is 0 Å². The number of ether oxygens (including phenoxy) is 1. The number of aromatic nitrogens is 2. The zero-order valence-corrected chi connectivity index (χ0v) is 24.9. The monoisotopic (exact) mass is 579 g/mol. The predicted molar refractivity (Wildman–Crippen MR) is 169 cm³/mol. The summed E-state index contributed by atoms with van der Waals surface area (Å²) in [7, 11) is 1.67. The second kappa shape index (κ2) is 13.5. The number of carbonyl (C=O) groups is 2. The molecule has 0 unspecified atom stereocenters. The third-order valence-corrected chi connectivity index (χ3v) is 7.66. The van der Waals surface area contributed by atoms with E-state index >= 15 is 0 Å². The van der Waals surface area contributed by atoms with Crippen molar-refractivity contribution in [2.24, 2.45) is 7.05 Å². The van der Waals surface area contributed by atoms with Crippen LogP contribution in [0.1, 0.15) is 51.6 Å². The van der Waals surface area contributed by atoms with Gasteiger partial charge in [0.2, 0.25) is 0 Å². The third kappa shape index (κ3) is 6.84. The van der Waals surface area contributed by atoms with Crippen LogP contribution in [0.4, 0.5) is 17.2 Å². The van der Waals surface area contributed by atoms with Gasteiger partial charge in [-0.05, 0) is 61.2 Å². The number of nitrogens with zero attached hydrogens (tertiary/aromatic N) is 3. The van der Waals surface area contributed by atoms with Gasteiger partial charge in [-0.2, -0.15) is 0 Å². The highest BCUT2D eigenvalue weighted by atomic mass is 16.5. The summed E-state index contributed by atoms with van der Waals surface area (Å²) in [6.07, 6.45) is 4.60. The maximum absolute atomic E-state index is 13.3. The van der Waals surface area contributed by atoms with E-state index in [4.69, 9.17) is 4.74 Å². The molecular formula is C34H37N5O4. The van der Waals surface area contributed by atoms with Crippen LogP contribution in [0.3, 0.4) is 0 Å². The van der Waals surface area contributed by atoms with Crippen molar-refractivity contribution in [1.29, 1.82) is 0 Å². The number of nitrogens with one attached hydrogen (secondary N) is 2. The molecule has 0 bridgehead atoms. The number of rotatable bonds is 9. The number of anilines is 3. The van der Waals surface area contributed by atoms with Crippen molar-refractivity contribution in [3.63, 3.8) is 0 Å². The molecule has 1 aromatic heterocycles. The Kier molecular flexibility index (Phi) is 9.32. The molecule has 1 aliphatic heterocycles. The SMILES string of the molecule is CCCCc1ccccc1C(=O)Nc1cccc(-c2cn(C)c(=O)c(Nc3cccc(C(=O)N4CCOCC4)c3)n2)c1C. The van der Waals surface area contributed by atoms with E-state index < -0.39 is 0 Å². The molecule has 1 aliphatic rings. The van der Waals surface area contributed by atoms with Crippen molar-refractivity contribution >= 4 is 29.0 Å². The van der Waals surface area contributed by atoms with Gasteiger partial charge in [-0.3, -0.25) is 14.4 Å². The summed E-state index contributed by atoms with van der Waals surface area (Å²) in [5.41, 5.74) is 5.36. The van der Waals surface area contributed by atoms with Crippen LogP contribution in [-0.2, 0) is 18.2 Å². The van der Waals surface area contributed by atoms with Crippen molar-refractivity contribution in [3.8, 4) is 11.3 Å². The van der Waals surface area contributed by atoms with Crippen LogP contribution in [0.5, 0.6) is 0 Å². The van der Waals surface area contributed by atoms with Gasteiger partial charge in [0.1, 0.15) is 0 Å². The minimum atomic E-state index is -0.306. The molecule has 2 amide bonds. The highest BCUT2D eigenvalue weighted by Gasteiger charge is 2.20. The summed E-state index contributed by atoms with van der Waals surface area (Å²) < 4.78 is 6.83. The zero-order chi connectivity index (χ0) is 30.3. The predicted octanol–water partition coefficient (Wildman–Crippen LogP) is 5.57. The van der Waals surface area contributed by atoms with Crippen molar-refractivity contribution in [2.75, 3.05) is 36.9 Å². The topological polar surface area (TPSA) is 106 Å². The van der Waals surface area contributed by atoms with Crippen LogP contribution in [0, 0.1) is 6.92 Å². The number of aryl methyl sites for hydroxylation is 2. The maximum atomic E-state index is 13.3. The van der Waals surface area contributed by atoms with Gasteiger partial charge in [-0.15, -0.1) is 0 Å². The van der Waals surface area contributed by atoms with Gasteiger partial charge < -0.3 is 24.8 Å². The number of morpholine rings is 1. The fourth-order valence-electron chi connectivity index (χ4n) is 5.20. The molecule has 1 fully saturated rings. The Morgan fingerprint density at radius 1 is 1.00 bits per heavy atom. The number of benzene rings is 3. The molecule has 222 valence electrons. The van der Waals surface area contributed by atoms with Gasteiger partial charge in [0.25, 0.3) is 17.4 Å². The molecule has 5 rings (SSSR count). The number of amides is 2. The lowest BCUT2D eigenvalue weighted by molar-refractivity contribution is 0.0303. The van der Waals surface area contributed by atoms with Gasteiger partial charge in [0.05, 0.1) is 18.9 Å². The number of carbonyl (C=O) groups excluding carboxylic acids is 2. The molecule has 43 heavy (non-hydrogen) atoms. The first-order chi connectivity index (χ1) is 20.9. The molecule has 1 saturated heterocycles. The molecule has 9 nitrogen and oxygen atoms in total. The van der Waals surface area contributed by atoms with Gasteiger partial charge in [0, 0.05) is 54.4 Å².